The average molecular weight is 463 g/mol. The van der Waals surface area contributed by atoms with Crippen LogP contribution in [0.15, 0.2) is 41.3 Å². The molecule has 0 saturated heterocycles. The van der Waals surface area contributed by atoms with Gasteiger partial charge in [0.25, 0.3) is 0 Å². The third kappa shape index (κ3) is 5.25. The Hall–Kier alpha value is -2.98. The van der Waals surface area contributed by atoms with Crippen LogP contribution in [0.2, 0.25) is 0 Å². The van der Waals surface area contributed by atoms with E-state index in [9.17, 15) is 13.2 Å². The fraction of sp³-hybridized carbons (Fsp3) is 0.409. The number of benzene rings is 2. The monoisotopic (exact) mass is 462 g/mol. The Labute approximate surface area is 187 Å². The number of carbonyl (C=O) groups is 1. The van der Waals surface area contributed by atoms with E-state index in [1.807, 2.05) is 25.1 Å². The van der Waals surface area contributed by atoms with Gasteiger partial charge >= 0.3 is 0 Å². The maximum absolute atomic E-state index is 12.6. The van der Waals surface area contributed by atoms with Crippen molar-refractivity contribution in [1.82, 2.24) is 10.0 Å². The molecule has 0 bridgehead atoms. The summed E-state index contributed by atoms with van der Waals surface area (Å²) in [5, 5.41) is 2.87. The van der Waals surface area contributed by atoms with Crippen molar-refractivity contribution >= 4 is 15.9 Å². The average Bonchev–Trinajstić information content (AvgIpc) is 3.03. The second-order valence-electron chi connectivity index (χ2n) is 7.50. The van der Waals surface area contributed by atoms with Gasteiger partial charge in [0.1, 0.15) is 13.2 Å². The highest BCUT2D eigenvalue weighted by Gasteiger charge is 2.20. The summed E-state index contributed by atoms with van der Waals surface area (Å²) in [6, 6.07) is 9.73. The highest BCUT2D eigenvalue weighted by atomic mass is 32.2. The lowest BCUT2D eigenvalue weighted by Crippen LogP contribution is -2.32. The van der Waals surface area contributed by atoms with Crippen molar-refractivity contribution in [3.05, 3.63) is 42.0 Å². The van der Waals surface area contributed by atoms with E-state index < -0.39 is 10.0 Å². The fourth-order valence-electron chi connectivity index (χ4n) is 3.42. The van der Waals surface area contributed by atoms with Gasteiger partial charge in [-0.05, 0) is 36.8 Å². The second-order valence-corrected chi connectivity index (χ2v) is 9.27. The maximum Gasteiger partial charge on any atom is 0.240 e. The SMILES string of the molecule is CC(NC(=O)CCNS(=O)(=O)c1ccc2c(c1)OCCCO2)c1ccc2c(c1)OCCO2. The summed E-state index contributed by atoms with van der Waals surface area (Å²) in [7, 11) is -3.79. The lowest BCUT2D eigenvalue weighted by Gasteiger charge is -2.21. The third-order valence-corrected chi connectivity index (χ3v) is 6.58. The van der Waals surface area contributed by atoms with Gasteiger partial charge in [-0.2, -0.15) is 0 Å². The molecule has 2 aromatic rings. The molecular weight excluding hydrogens is 436 g/mol. The number of rotatable bonds is 7. The second kappa shape index (κ2) is 9.66. The predicted molar refractivity (Wildman–Crippen MR) is 116 cm³/mol. The van der Waals surface area contributed by atoms with E-state index in [4.69, 9.17) is 18.9 Å². The van der Waals surface area contributed by atoms with Gasteiger partial charge in [0.05, 0.1) is 24.2 Å². The number of carbonyl (C=O) groups excluding carboxylic acids is 1. The molecular formula is C22H26N2O7S. The molecule has 2 N–H and O–H groups in total. The highest BCUT2D eigenvalue weighted by molar-refractivity contribution is 7.89. The van der Waals surface area contributed by atoms with E-state index >= 15 is 0 Å². The van der Waals surface area contributed by atoms with Crippen LogP contribution in [0.25, 0.3) is 0 Å². The fourth-order valence-corrected chi connectivity index (χ4v) is 4.47. The summed E-state index contributed by atoms with van der Waals surface area (Å²) < 4.78 is 49.8. The van der Waals surface area contributed by atoms with Crippen molar-refractivity contribution < 1.29 is 32.2 Å². The van der Waals surface area contributed by atoms with Crippen molar-refractivity contribution in [2.24, 2.45) is 0 Å². The number of fused-ring (bicyclic) bond motifs is 2. The van der Waals surface area contributed by atoms with Gasteiger partial charge in [-0.1, -0.05) is 6.07 Å². The highest BCUT2D eigenvalue weighted by Crippen LogP contribution is 2.33. The Morgan fingerprint density at radius 1 is 0.906 bits per heavy atom. The van der Waals surface area contributed by atoms with E-state index in [0.29, 0.717) is 49.4 Å². The maximum atomic E-state index is 12.6. The number of sulfonamides is 1. The summed E-state index contributed by atoms with van der Waals surface area (Å²) in [5.74, 6) is 1.99. The molecule has 9 nitrogen and oxygen atoms in total. The topological polar surface area (TPSA) is 112 Å². The Balaban J connectivity index is 1.30. The zero-order valence-electron chi connectivity index (χ0n) is 17.8. The molecule has 1 atom stereocenters. The van der Waals surface area contributed by atoms with Gasteiger partial charge in [0.15, 0.2) is 23.0 Å². The summed E-state index contributed by atoms with van der Waals surface area (Å²) in [4.78, 5) is 12.4. The van der Waals surface area contributed by atoms with Gasteiger partial charge in [0.2, 0.25) is 15.9 Å². The van der Waals surface area contributed by atoms with E-state index in [0.717, 1.165) is 12.0 Å². The molecule has 0 aromatic heterocycles. The molecule has 0 spiro atoms. The van der Waals surface area contributed by atoms with Gasteiger partial charge < -0.3 is 24.3 Å². The molecule has 2 aromatic carbocycles. The van der Waals surface area contributed by atoms with Crippen molar-refractivity contribution in [2.75, 3.05) is 33.0 Å². The van der Waals surface area contributed by atoms with Crippen molar-refractivity contribution in [2.45, 2.75) is 30.7 Å². The first-order valence-electron chi connectivity index (χ1n) is 10.5. The molecule has 4 rings (SSSR count). The summed E-state index contributed by atoms with van der Waals surface area (Å²) in [6.07, 6.45) is 0.730. The molecule has 32 heavy (non-hydrogen) atoms. The largest absolute Gasteiger partial charge is 0.490 e. The van der Waals surface area contributed by atoms with Crippen LogP contribution in [0.4, 0.5) is 0 Å². The van der Waals surface area contributed by atoms with Gasteiger partial charge in [-0.15, -0.1) is 0 Å². The Kier molecular flexibility index (Phi) is 6.71. The number of amides is 1. The van der Waals surface area contributed by atoms with Gasteiger partial charge in [-0.25, -0.2) is 13.1 Å². The standard InChI is InChI=1S/C22H26N2O7S/c1-15(16-3-5-18-20(13-16)31-12-11-30-18)24-22(25)7-8-23-32(26,27)17-4-6-19-21(14-17)29-10-2-9-28-19/h3-6,13-15,23H,2,7-12H2,1H3,(H,24,25). The van der Waals surface area contributed by atoms with Gasteiger partial charge in [0, 0.05) is 25.5 Å². The minimum absolute atomic E-state index is 0.00132. The number of hydrogen-bond acceptors (Lipinski definition) is 7. The molecule has 0 saturated carbocycles. The molecule has 1 unspecified atom stereocenters. The van der Waals surface area contributed by atoms with E-state index in [2.05, 4.69) is 10.0 Å². The summed E-state index contributed by atoms with van der Waals surface area (Å²) in [6.45, 7) is 3.81. The zero-order chi connectivity index (χ0) is 22.6. The molecule has 2 aliphatic rings. The van der Waals surface area contributed by atoms with Crippen molar-refractivity contribution in [1.29, 1.82) is 0 Å². The third-order valence-electron chi connectivity index (χ3n) is 5.12. The lowest BCUT2D eigenvalue weighted by atomic mass is 10.1. The normalized spacial score (nSPS) is 16.0. The Bertz CT molecular complexity index is 1090. The first-order chi connectivity index (χ1) is 15.4. The molecule has 172 valence electrons. The van der Waals surface area contributed by atoms with E-state index in [-0.39, 0.29) is 29.8 Å². The zero-order valence-corrected chi connectivity index (χ0v) is 18.6. The van der Waals surface area contributed by atoms with Crippen LogP contribution in [0.3, 0.4) is 0 Å². The predicted octanol–water partition coefficient (Wildman–Crippen LogP) is 2.16. The minimum atomic E-state index is -3.79. The van der Waals surface area contributed by atoms with E-state index in [1.165, 1.54) is 12.1 Å². The number of nitrogens with one attached hydrogen (secondary N) is 2. The molecule has 0 aliphatic carbocycles. The summed E-state index contributed by atoms with van der Waals surface area (Å²) >= 11 is 0. The van der Waals surface area contributed by atoms with Crippen LogP contribution in [0.5, 0.6) is 23.0 Å². The molecule has 1 amide bonds. The van der Waals surface area contributed by atoms with Crippen molar-refractivity contribution in [3.63, 3.8) is 0 Å². The van der Waals surface area contributed by atoms with Gasteiger partial charge in [-0.3, -0.25) is 4.79 Å². The molecule has 0 fully saturated rings. The van der Waals surface area contributed by atoms with Crippen molar-refractivity contribution in [3.8, 4) is 23.0 Å². The smallest absolute Gasteiger partial charge is 0.240 e. The van der Waals surface area contributed by atoms with Crippen LogP contribution in [-0.4, -0.2) is 47.3 Å². The van der Waals surface area contributed by atoms with E-state index in [1.54, 1.807) is 6.07 Å². The Morgan fingerprint density at radius 3 is 2.31 bits per heavy atom. The van der Waals surface area contributed by atoms with Crippen LogP contribution in [-0.2, 0) is 14.8 Å². The molecule has 0 radical (unpaired) electrons. The van der Waals surface area contributed by atoms with Crippen LogP contribution < -0.4 is 29.0 Å². The van der Waals surface area contributed by atoms with Crippen LogP contribution in [0.1, 0.15) is 31.4 Å². The first-order valence-corrected chi connectivity index (χ1v) is 12.0. The van der Waals surface area contributed by atoms with Crippen LogP contribution in [0, 0.1) is 0 Å². The molecule has 10 heteroatoms. The van der Waals surface area contributed by atoms with Crippen LogP contribution >= 0.6 is 0 Å². The summed E-state index contributed by atoms with van der Waals surface area (Å²) in [5.41, 5.74) is 0.871. The first kappa shape index (κ1) is 22.2. The molecule has 2 heterocycles. The number of ether oxygens (including phenoxy) is 4. The lowest BCUT2D eigenvalue weighted by molar-refractivity contribution is -0.121. The Morgan fingerprint density at radius 2 is 1.53 bits per heavy atom. The number of hydrogen-bond donors (Lipinski definition) is 2. The minimum Gasteiger partial charge on any atom is -0.490 e. The quantitative estimate of drug-likeness (QED) is 0.648. The molecule has 2 aliphatic heterocycles.